The summed E-state index contributed by atoms with van der Waals surface area (Å²) < 4.78 is 0. The molecule has 11 heavy (non-hydrogen) atoms. The highest BCUT2D eigenvalue weighted by Gasteiger charge is 1.65. The summed E-state index contributed by atoms with van der Waals surface area (Å²) in [6.45, 7) is 1.08. The lowest BCUT2D eigenvalue weighted by Gasteiger charge is -1.59. The zero-order chi connectivity index (χ0) is 3.58. The molecule has 0 aromatic rings. The van der Waals surface area contributed by atoms with Gasteiger partial charge in [-0.25, -0.2) is 0 Å². The van der Waals surface area contributed by atoms with Crippen LogP contribution in [0.15, 0.2) is 0 Å². The number of hydrogen-bond donors (Lipinski definition) is 1. The maximum atomic E-state index is 9.00. The van der Waals surface area contributed by atoms with Crippen LogP contribution in [-0.2, 0) is 4.79 Å². The van der Waals surface area contributed by atoms with Gasteiger partial charge in [0.2, 0.25) is 0 Å². The molecule has 0 atom stereocenters. The Morgan fingerprint density at radius 1 is 0.909 bits per heavy atom. The zero-order valence-corrected chi connectivity index (χ0v) is 5.36. The maximum absolute atomic E-state index is 9.00. The summed E-state index contributed by atoms with van der Waals surface area (Å²) in [6, 6.07) is 0. The lowest BCUT2D eigenvalue weighted by Crippen LogP contribution is -1.78. The second-order valence-electron chi connectivity index (χ2n) is 0.519. The minimum atomic E-state index is -0.833. The number of hydrogen-bond acceptors (Lipinski definition) is 1. The van der Waals surface area contributed by atoms with Crippen molar-refractivity contribution in [2.75, 3.05) is 0 Å². The van der Waals surface area contributed by atoms with Gasteiger partial charge in [0.05, 0.1) is 0 Å². The first kappa shape index (κ1) is 122. The summed E-state index contributed by atoms with van der Waals surface area (Å²) >= 11 is 0. The quantitative estimate of drug-likeness (QED) is 0.371. The van der Waals surface area contributed by atoms with E-state index in [0.717, 1.165) is 6.92 Å². The van der Waals surface area contributed by atoms with Crippen LogP contribution in [0.4, 0.5) is 0 Å². The largest absolute Gasteiger partial charge is 0.481 e. The van der Waals surface area contributed by atoms with Gasteiger partial charge in [-0.05, 0) is 0 Å². The zero-order valence-electron chi connectivity index (χ0n) is 5.36. The van der Waals surface area contributed by atoms with Crippen molar-refractivity contribution in [2.45, 2.75) is 6.92 Å². The van der Waals surface area contributed by atoms with Crippen LogP contribution in [0.3, 0.4) is 0 Å². The lowest BCUT2D eigenvalue weighted by molar-refractivity contribution is -0.134. The molecule has 0 aliphatic carbocycles. The normalized spacial score (nSPS) is 2.27. The number of carboxylic acid groups (broad SMARTS) is 1. The Bertz CT molecular complexity index is 35.1. The molecule has 0 aromatic carbocycles. The summed E-state index contributed by atoms with van der Waals surface area (Å²) in [6.07, 6.45) is 0. The summed E-state index contributed by atoms with van der Waals surface area (Å²) in [5.74, 6) is -0.833. The molecule has 0 fully saturated rings. The van der Waals surface area contributed by atoms with Gasteiger partial charge in [-0.2, -0.15) is 0 Å². The van der Waals surface area contributed by atoms with Crippen molar-refractivity contribution in [1.82, 2.24) is 0 Å². The number of rotatable bonds is 0. The SMILES string of the molecule is CC(=O)O.O.O.O.O.O.O.[MgH2]. The number of carbonyl (C=O) groups is 1. The van der Waals surface area contributed by atoms with Gasteiger partial charge in [-0.15, -0.1) is 0 Å². The fourth-order valence-electron chi connectivity index (χ4n) is 0. The Kier molecular flexibility index (Phi) is 1000. The van der Waals surface area contributed by atoms with E-state index < -0.39 is 5.97 Å². The third-order valence-electron chi connectivity index (χ3n) is 0. The number of aliphatic carboxylic acids is 1. The molecule has 0 radical (unpaired) electrons. The first-order valence-electron chi connectivity index (χ1n) is 0.928. The van der Waals surface area contributed by atoms with Crippen molar-refractivity contribution in [1.29, 1.82) is 0 Å². The van der Waals surface area contributed by atoms with Crippen LogP contribution in [0.2, 0.25) is 0 Å². The van der Waals surface area contributed by atoms with E-state index in [1.54, 1.807) is 0 Å². The van der Waals surface area contributed by atoms with Gasteiger partial charge in [0.15, 0.2) is 0 Å². The van der Waals surface area contributed by atoms with Gasteiger partial charge in [0.1, 0.15) is 0 Å². The Hall–Kier alpha value is -0.00377. The molecule has 76 valence electrons. The van der Waals surface area contributed by atoms with Gasteiger partial charge < -0.3 is 38.0 Å². The average Bonchev–Trinajstić information content (AvgIpc) is 0.811. The molecule has 0 saturated heterocycles. The van der Waals surface area contributed by atoms with Crippen molar-refractivity contribution >= 4 is 29.0 Å². The molecule has 0 spiro atoms. The molecule has 0 saturated carbocycles. The van der Waals surface area contributed by atoms with Crippen LogP contribution in [-0.4, -0.2) is 67.0 Å². The fraction of sp³-hybridized carbons (Fsp3) is 0.500. The fourth-order valence-corrected chi connectivity index (χ4v) is 0. The van der Waals surface area contributed by atoms with Crippen molar-refractivity contribution in [3.05, 3.63) is 0 Å². The van der Waals surface area contributed by atoms with Crippen LogP contribution >= 0.6 is 0 Å². The summed E-state index contributed by atoms with van der Waals surface area (Å²) in [5, 5.41) is 7.42. The molecular weight excluding hydrogens is 176 g/mol. The van der Waals surface area contributed by atoms with Crippen LogP contribution in [0.1, 0.15) is 6.92 Å². The van der Waals surface area contributed by atoms with E-state index in [0.29, 0.717) is 0 Å². The maximum Gasteiger partial charge on any atom is 0.316 e. The smallest absolute Gasteiger partial charge is 0.316 e. The standard InChI is InChI=1S/C2H4O2.Mg.6H2O.2H/c1-2(3)4;;;;;;;;;/h1H3,(H,3,4);;6*1H2;;. The molecule has 0 aliphatic heterocycles. The Morgan fingerprint density at radius 3 is 0.909 bits per heavy atom. The van der Waals surface area contributed by atoms with E-state index in [-0.39, 0.29) is 55.9 Å². The van der Waals surface area contributed by atoms with Crippen molar-refractivity contribution in [2.24, 2.45) is 0 Å². The molecule has 13 N–H and O–H groups in total. The first-order chi connectivity index (χ1) is 1.73. The highest BCUT2D eigenvalue weighted by atomic mass is 24.3. The molecule has 9 heteroatoms. The average molecular weight is 194 g/mol. The van der Waals surface area contributed by atoms with E-state index in [2.05, 4.69) is 0 Å². The molecule has 0 aliphatic rings. The Morgan fingerprint density at radius 2 is 0.909 bits per heavy atom. The second kappa shape index (κ2) is 90.1. The van der Waals surface area contributed by atoms with Crippen molar-refractivity contribution < 1.29 is 42.8 Å². The van der Waals surface area contributed by atoms with E-state index >= 15 is 0 Å². The van der Waals surface area contributed by atoms with Crippen molar-refractivity contribution in [3.8, 4) is 0 Å². The third-order valence-corrected chi connectivity index (χ3v) is 0. The Balaban J connectivity index is -0.00000000214. The predicted octanol–water partition coefficient (Wildman–Crippen LogP) is -5.77. The van der Waals surface area contributed by atoms with Gasteiger partial charge in [-0.1, -0.05) is 0 Å². The van der Waals surface area contributed by atoms with E-state index in [1.807, 2.05) is 0 Å². The van der Waals surface area contributed by atoms with E-state index in [4.69, 9.17) is 9.90 Å². The monoisotopic (exact) mass is 194 g/mol. The first-order valence-corrected chi connectivity index (χ1v) is 0.928. The minimum Gasteiger partial charge on any atom is -0.481 e. The van der Waals surface area contributed by atoms with E-state index in [1.165, 1.54) is 0 Å². The molecule has 0 heterocycles. The molecule has 0 amide bonds. The topological polar surface area (TPSA) is 226 Å². The molecular formula is C2H18MgO8. The minimum absolute atomic E-state index is 0. The molecule has 0 unspecified atom stereocenters. The summed E-state index contributed by atoms with van der Waals surface area (Å²) in [7, 11) is 0. The Labute approximate surface area is 79.2 Å². The summed E-state index contributed by atoms with van der Waals surface area (Å²) in [5.41, 5.74) is 0. The van der Waals surface area contributed by atoms with E-state index in [9.17, 15) is 0 Å². The van der Waals surface area contributed by atoms with Crippen LogP contribution in [0, 0.1) is 0 Å². The van der Waals surface area contributed by atoms with Crippen LogP contribution in [0.25, 0.3) is 0 Å². The highest BCUT2D eigenvalue weighted by molar-refractivity contribution is 5.75. The predicted molar refractivity (Wildman–Crippen MR) is 43.5 cm³/mol. The van der Waals surface area contributed by atoms with Crippen LogP contribution in [0.5, 0.6) is 0 Å². The number of carboxylic acids is 1. The lowest BCUT2D eigenvalue weighted by atomic mass is 10.9. The van der Waals surface area contributed by atoms with Gasteiger partial charge in [0.25, 0.3) is 5.97 Å². The molecule has 0 bridgehead atoms. The third kappa shape index (κ3) is 45100000. The highest BCUT2D eigenvalue weighted by Crippen LogP contribution is 1.42. The second-order valence-corrected chi connectivity index (χ2v) is 0.519. The van der Waals surface area contributed by atoms with Gasteiger partial charge in [0, 0.05) is 6.92 Å². The summed E-state index contributed by atoms with van der Waals surface area (Å²) in [4.78, 5) is 9.00. The molecule has 0 rings (SSSR count). The molecule has 0 aromatic heterocycles. The van der Waals surface area contributed by atoms with Crippen molar-refractivity contribution in [3.63, 3.8) is 0 Å². The van der Waals surface area contributed by atoms with Crippen LogP contribution < -0.4 is 0 Å². The van der Waals surface area contributed by atoms with Gasteiger partial charge >= 0.3 is 23.1 Å². The van der Waals surface area contributed by atoms with Gasteiger partial charge in [-0.3, -0.25) is 4.79 Å². The molecule has 8 nitrogen and oxygen atoms in total.